The molecule has 0 saturated carbocycles. The molecule has 1 atom stereocenters. The van der Waals surface area contributed by atoms with Crippen molar-refractivity contribution in [1.29, 1.82) is 0 Å². The number of likely N-dealkylation sites (tertiary alicyclic amines) is 1. The molecule has 3 nitrogen and oxygen atoms in total. The maximum Gasteiger partial charge on any atom is 0.0819 e. The number of benzene rings is 1. The number of rotatable bonds is 5. The third-order valence-electron chi connectivity index (χ3n) is 4.16. The molecule has 0 radical (unpaired) electrons. The highest BCUT2D eigenvalue weighted by Gasteiger charge is 2.26. The summed E-state index contributed by atoms with van der Waals surface area (Å²) in [6.07, 6.45) is 1.80. The quantitative estimate of drug-likeness (QED) is 0.904. The maximum atomic E-state index is 10.5. The predicted octanol–water partition coefficient (Wildman–Crippen LogP) is 3.25. The maximum absolute atomic E-state index is 10.5. The van der Waals surface area contributed by atoms with Crippen molar-refractivity contribution in [2.24, 2.45) is 5.92 Å². The molecule has 2 rings (SSSR count). The molecule has 1 aromatic rings. The average Bonchev–Trinajstić information content (AvgIpc) is 2.47. The summed E-state index contributed by atoms with van der Waals surface area (Å²) < 4.78 is 5.78. The minimum Gasteiger partial charge on any atom is -0.388 e. The van der Waals surface area contributed by atoms with Gasteiger partial charge in [-0.25, -0.2) is 0 Å². The molecule has 118 valence electrons. The van der Waals surface area contributed by atoms with Crippen LogP contribution in [0.1, 0.15) is 45.3 Å². The molecule has 1 N–H and O–H groups in total. The fourth-order valence-electron chi connectivity index (χ4n) is 2.90. The largest absolute Gasteiger partial charge is 0.388 e. The number of ether oxygens (including phenoxy) is 1. The van der Waals surface area contributed by atoms with Crippen molar-refractivity contribution in [2.75, 3.05) is 26.2 Å². The van der Waals surface area contributed by atoms with Gasteiger partial charge < -0.3 is 14.7 Å². The van der Waals surface area contributed by atoms with Gasteiger partial charge in [0.2, 0.25) is 0 Å². The molecular formula is C18H29NO2. The number of hydrogen-bond donors (Lipinski definition) is 1. The second kappa shape index (κ2) is 7.39. The molecule has 0 spiro atoms. The van der Waals surface area contributed by atoms with Gasteiger partial charge in [-0.3, -0.25) is 0 Å². The van der Waals surface area contributed by atoms with Gasteiger partial charge >= 0.3 is 0 Å². The van der Waals surface area contributed by atoms with Gasteiger partial charge in [0.25, 0.3) is 0 Å². The van der Waals surface area contributed by atoms with E-state index in [1.165, 1.54) is 0 Å². The Hall–Kier alpha value is -0.900. The Bertz CT molecular complexity index is 405. The van der Waals surface area contributed by atoms with Crippen molar-refractivity contribution < 1.29 is 9.84 Å². The highest BCUT2D eigenvalue weighted by Crippen LogP contribution is 2.30. The number of aliphatic hydroxyl groups excluding tert-OH is 1. The molecule has 3 heteroatoms. The summed E-state index contributed by atoms with van der Waals surface area (Å²) >= 11 is 0. The smallest absolute Gasteiger partial charge is 0.0819 e. The van der Waals surface area contributed by atoms with Gasteiger partial charge in [-0.05, 0) is 58.2 Å². The van der Waals surface area contributed by atoms with Crippen LogP contribution in [0, 0.1) is 5.92 Å². The van der Waals surface area contributed by atoms with E-state index in [0.29, 0.717) is 5.92 Å². The van der Waals surface area contributed by atoms with Gasteiger partial charge in [0.15, 0.2) is 0 Å². The molecule has 1 fully saturated rings. The zero-order valence-electron chi connectivity index (χ0n) is 13.6. The van der Waals surface area contributed by atoms with Crippen molar-refractivity contribution in [3.63, 3.8) is 0 Å². The van der Waals surface area contributed by atoms with Crippen molar-refractivity contribution in [3.8, 4) is 0 Å². The normalized spacial score (nSPS) is 19.6. The lowest BCUT2D eigenvalue weighted by Crippen LogP contribution is -2.38. The van der Waals surface area contributed by atoms with Crippen LogP contribution in [0.5, 0.6) is 0 Å². The van der Waals surface area contributed by atoms with Gasteiger partial charge in [0.05, 0.1) is 18.3 Å². The number of piperidine rings is 1. The van der Waals surface area contributed by atoms with E-state index in [1.54, 1.807) is 0 Å². The van der Waals surface area contributed by atoms with Crippen LogP contribution in [0.15, 0.2) is 30.3 Å². The summed E-state index contributed by atoms with van der Waals surface area (Å²) in [5.41, 5.74) is 0.994. The number of hydrogen-bond acceptors (Lipinski definition) is 3. The van der Waals surface area contributed by atoms with E-state index in [1.807, 2.05) is 30.3 Å². The first-order chi connectivity index (χ1) is 9.96. The van der Waals surface area contributed by atoms with Crippen LogP contribution >= 0.6 is 0 Å². The van der Waals surface area contributed by atoms with Crippen LogP contribution in [-0.2, 0) is 4.74 Å². The van der Waals surface area contributed by atoms with E-state index < -0.39 is 0 Å². The Morgan fingerprint density at radius 3 is 2.38 bits per heavy atom. The predicted molar refractivity (Wildman–Crippen MR) is 86.3 cm³/mol. The molecule has 0 bridgehead atoms. The van der Waals surface area contributed by atoms with Crippen LogP contribution in [0.3, 0.4) is 0 Å². The first-order valence-corrected chi connectivity index (χ1v) is 8.05. The molecule has 1 unspecified atom stereocenters. The van der Waals surface area contributed by atoms with Crippen LogP contribution in [-0.4, -0.2) is 41.8 Å². The Kier molecular flexibility index (Phi) is 5.80. The summed E-state index contributed by atoms with van der Waals surface area (Å²) in [7, 11) is 0. The van der Waals surface area contributed by atoms with Gasteiger partial charge in [-0.2, -0.15) is 0 Å². The van der Waals surface area contributed by atoms with Crippen LogP contribution in [0.25, 0.3) is 0 Å². The second-order valence-corrected chi connectivity index (χ2v) is 7.00. The minimum atomic E-state index is -0.320. The van der Waals surface area contributed by atoms with Crippen LogP contribution in [0.4, 0.5) is 0 Å². The molecule has 0 aliphatic carbocycles. The van der Waals surface area contributed by atoms with Gasteiger partial charge in [0, 0.05) is 6.54 Å². The van der Waals surface area contributed by atoms with Crippen molar-refractivity contribution >= 4 is 0 Å². The van der Waals surface area contributed by atoms with E-state index in [0.717, 1.165) is 44.6 Å². The van der Waals surface area contributed by atoms with E-state index in [-0.39, 0.29) is 11.7 Å². The van der Waals surface area contributed by atoms with Crippen molar-refractivity contribution in [2.45, 2.75) is 45.3 Å². The Morgan fingerprint density at radius 1 is 1.19 bits per heavy atom. The highest BCUT2D eigenvalue weighted by atomic mass is 16.5. The average molecular weight is 291 g/mol. The van der Waals surface area contributed by atoms with Crippen molar-refractivity contribution in [1.82, 2.24) is 4.90 Å². The molecule has 1 aliphatic rings. The zero-order valence-corrected chi connectivity index (χ0v) is 13.6. The summed E-state index contributed by atoms with van der Waals surface area (Å²) in [6.45, 7) is 10.2. The number of aliphatic hydroxyl groups is 1. The number of nitrogens with zero attached hydrogens (tertiary/aromatic N) is 1. The lowest BCUT2D eigenvalue weighted by atomic mass is 9.87. The van der Waals surface area contributed by atoms with E-state index in [9.17, 15) is 5.11 Å². The molecule has 1 heterocycles. The van der Waals surface area contributed by atoms with E-state index >= 15 is 0 Å². The highest BCUT2D eigenvalue weighted by molar-refractivity contribution is 5.18. The summed E-state index contributed by atoms with van der Waals surface area (Å²) in [5.74, 6) is 0.382. The van der Waals surface area contributed by atoms with Gasteiger partial charge in [0.1, 0.15) is 0 Å². The molecule has 1 aliphatic heterocycles. The van der Waals surface area contributed by atoms with Crippen LogP contribution < -0.4 is 0 Å². The first-order valence-electron chi connectivity index (χ1n) is 8.05. The first kappa shape index (κ1) is 16.5. The molecular weight excluding hydrogens is 262 g/mol. The monoisotopic (exact) mass is 291 g/mol. The Morgan fingerprint density at radius 2 is 1.81 bits per heavy atom. The van der Waals surface area contributed by atoms with Gasteiger partial charge in [-0.1, -0.05) is 30.3 Å². The standard InChI is InChI=1S/C18H29NO2/c1-18(2,3)21-14-13-19-11-9-16(10-12-19)17(20)15-7-5-4-6-8-15/h4-8,16-17,20H,9-14H2,1-3H3. The van der Waals surface area contributed by atoms with Gasteiger partial charge in [-0.15, -0.1) is 0 Å². The molecule has 0 amide bonds. The Balaban J connectivity index is 1.73. The van der Waals surface area contributed by atoms with Crippen molar-refractivity contribution in [3.05, 3.63) is 35.9 Å². The van der Waals surface area contributed by atoms with Crippen LogP contribution in [0.2, 0.25) is 0 Å². The fraction of sp³-hybridized carbons (Fsp3) is 0.667. The third-order valence-corrected chi connectivity index (χ3v) is 4.16. The topological polar surface area (TPSA) is 32.7 Å². The summed E-state index contributed by atoms with van der Waals surface area (Å²) in [5, 5.41) is 10.5. The molecule has 1 saturated heterocycles. The van der Waals surface area contributed by atoms with E-state index in [2.05, 4.69) is 25.7 Å². The lowest BCUT2D eigenvalue weighted by molar-refractivity contribution is -0.0199. The second-order valence-electron chi connectivity index (χ2n) is 7.00. The minimum absolute atomic E-state index is 0.0537. The lowest BCUT2D eigenvalue weighted by Gasteiger charge is -2.34. The third kappa shape index (κ3) is 5.42. The SMILES string of the molecule is CC(C)(C)OCCN1CCC(C(O)c2ccccc2)CC1. The van der Waals surface area contributed by atoms with E-state index in [4.69, 9.17) is 4.74 Å². The summed E-state index contributed by atoms with van der Waals surface area (Å²) in [4.78, 5) is 2.44. The molecule has 1 aromatic carbocycles. The molecule has 21 heavy (non-hydrogen) atoms. The fourth-order valence-corrected chi connectivity index (χ4v) is 2.90. The Labute approximate surface area is 128 Å². The molecule has 0 aromatic heterocycles. The summed E-state index contributed by atoms with van der Waals surface area (Å²) in [6, 6.07) is 10.0. The zero-order chi connectivity index (χ0) is 15.3.